The summed E-state index contributed by atoms with van der Waals surface area (Å²) in [5, 5.41) is 0. The number of rotatable bonds is 6. The van der Waals surface area contributed by atoms with Crippen LogP contribution in [0.3, 0.4) is 0 Å². The minimum atomic E-state index is -0.531. The van der Waals surface area contributed by atoms with Crippen LogP contribution in [0.4, 0.5) is 13.6 Å². The number of hydrogen-bond donors (Lipinski definition) is 0. The zero-order valence-electron chi connectivity index (χ0n) is 26.1. The first-order chi connectivity index (χ1) is 20.9. The molecule has 0 unspecified atom stereocenters. The molecular weight excluding hydrogens is 564 g/mol. The van der Waals surface area contributed by atoms with Crippen LogP contribution in [0.15, 0.2) is 36.8 Å². The molecule has 1 amide bonds. The van der Waals surface area contributed by atoms with Gasteiger partial charge in [-0.1, -0.05) is 0 Å². The van der Waals surface area contributed by atoms with Crippen LogP contribution in [0, 0.1) is 24.5 Å². The lowest BCUT2D eigenvalue weighted by Gasteiger charge is -2.53. The lowest BCUT2D eigenvalue weighted by Crippen LogP contribution is -2.64. The molecule has 9 nitrogen and oxygen atoms in total. The van der Waals surface area contributed by atoms with Crippen LogP contribution in [0.2, 0.25) is 0 Å². The molecule has 232 valence electrons. The highest BCUT2D eigenvalue weighted by molar-refractivity contribution is 5.83. The van der Waals surface area contributed by atoms with Gasteiger partial charge in [-0.3, -0.25) is 9.88 Å². The van der Waals surface area contributed by atoms with Gasteiger partial charge >= 0.3 is 6.09 Å². The van der Waals surface area contributed by atoms with Crippen molar-refractivity contribution in [3.63, 3.8) is 0 Å². The molecule has 2 saturated heterocycles. The number of imidazole rings is 1. The van der Waals surface area contributed by atoms with E-state index in [0.717, 1.165) is 31.3 Å². The molecule has 0 spiro atoms. The topological polar surface area (TPSA) is 89.3 Å². The van der Waals surface area contributed by atoms with E-state index in [-0.39, 0.29) is 23.2 Å². The number of aromatic nitrogens is 5. The fourth-order valence-electron chi connectivity index (χ4n) is 6.41. The Kier molecular flexibility index (Phi) is 7.85. The van der Waals surface area contributed by atoms with Gasteiger partial charge in [-0.25, -0.2) is 28.5 Å². The molecule has 0 aliphatic carbocycles. The summed E-state index contributed by atoms with van der Waals surface area (Å²) in [7, 11) is 0. The summed E-state index contributed by atoms with van der Waals surface area (Å²) in [5.74, 6) is 0.826. The fourth-order valence-corrected chi connectivity index (χ4v) is 6.41. The molecule has 0 radical (unpaired) electrons. The van der Waals surface area contributed by atoms with Gasteiger partial charge < -0.3 is 14.2 Å². The Morgan fingerprint density at radius 2 is 1.80 bits per heavy atom. The lowest BCUT2D eigenvalue weighted by molar-refractivity contribution is -0.0557. The van der Waals surface area contributed by atoms with Crippen LogP contribution in [0.5, 0.6) is 0 Å². The van der Waals surface area contributed by atoms with Crippen LogP contribution >= 0.6 is 0 Å². The van der Waals surface area contributed by atoms with Gasteiger partial charge in [0, 0.05) is 67.5 Å². The Morgan fingerprint density at radius 3 is 2.50 bits per heavy atom. The summed E-state index contributed by atoms with van der Waals surface area (Å²) < 4.78 is 37.6. The first kappa shape index (κ1) is 30.1. The summed E-state index contributed by atoms with van der Waals surface area (Å²) in [5.41, 5.74) is 2.65. The van der Waals surface area contributed by atoms with Crippen LogP contribution in [-0.2, 0) is 17.7 Å². The number of carbonyl (C=O) groups excluding carboxylic acids is 1. The van der Waals surface area contributed by atoms with Gasteiger partial charge in [0.25, 0.3) is 0 Å². The lowest BCUT2D eigenvalue weighted by atomic mass is 9.82. The van der Waals surface area contributed by atoms with E-state index in [1.165, 1.54) is 6.07 Å². The van der Waals surface area contributed by atoms with Gasteiger partial charge in [0.2, 0.25) is 0 Å². The fraction of sp³-hybridized carbons (Fsp3) is 0.485. The highest BCUT2D eigenvalue weighted by Gasteiger charge is 2.44. The molecule has 0 N–H and O–H groups in total. The maximum absolute atomic E-state index is 15.1. The Bertz CT molecular complexity index is 1700. The van der Waals surface area contributed by atoms with Crippen molar-refractivity contribution >= 4 is 17.1 Å². The molecule has 2 aliphatic rings. The van der Waals surface area contributed by atoms with E-state index in [4.69, 9.17) is 4.74 Å². The Balaban J connectivity index is 1.13. The standard InChI is InChI=1S/C33H39F2N7O2/c1-19(2)42-20(3)39-31-26(34)9-23(10-28(31)42)25-11-24(36-15-27(25)35)12-30-37-13-21(14-38-30)16-41-17-22-7-8-40(18-29(22)41)32(43)44-33(4,5)6/h9-11,13-15,19,22,29H,7-8,12,16-18H2,1-6H3/t22-,29-/m1/s1. The third-order valence-electron chi connectivity index (χ3n) is 8.46. The molecule has 6 rings (SSSR count). The number of fused-ring (bicyclic) bond motifs is 2. The predicted octanol–water partition coefficient (Wildman–Crippen LogP) is 6.09. The minimum absolute atomic E-state index is 0.0738. The number of ether oxygens (including phenoxy) is 1. The smallest absolute Gasteiger partial charge is 0.410 e. The molecule has 5 heterocycles. The SMILES string of the molecule is Cc1nc2c(F)cc(-c3cc(Cc4ncc(CN5C[C@H]6CCN(C(=O)OC(C)(C)C)C[C@H]65)cn4)ncc3F)cc2n1C(C)C. The van der Waals surface area contributed by atoms with Crippen LogP contribution in [-0.4, -0.2) is 71.7 Å². The Hall–Kier alpha value is -3.99. The zero-order valence-corrected chi connectivity index (χ0v) is 26.1. The normalized spacial score (nSPS) is 18.9. The molecule has 0 bridgehead atoms. The Labute approximate surface area is 256 Å². The second-order valence-corrected chi connectivity index (χ2v) is 13.3. The van der Waals surface area contributed by atoms with E-state index in [2.05, 4.69) is 24.8 Å². The van der Waals surface area contributed by atoms with Gasteiger partial charge in [0.1, 0.15) is 28.6 Å². The average molecular weight is 604 g/mol. The number of piperidine rings is 1. The summed E-state index contributed by atoms with van der Waals surface area (Å²) >= 11 is 0. The second kappa shape index (κ2) is 11.5. The number of benzene rings is 1. The molecule has 0 saturated carbocycles. The largest absolute Gasteiger partial charge is 0.444 e. The molecule has 2 fully saturated rings. The van der Waals surface area contributed by atoms with Gasteiger partial charge in [-0.05, 0) is 77.6 Å². The minimum Gasteiger partial charge on any atom is -0.444 e. The highest BCUT2D eigenvalue weighted by Crippen LogP contribution is 2.34. The van der Waals surface area contributed by atoms with Gasteiger partial charge in [-0.2, -0.15) is 0 Å². The van der Waals surface area contributed by atoms with Crippen LogP contribution in [0.25, 0.3) is 22.2 Å². The number of pyridine rings is 1. The summed E-state index contributed by atoms with van der Waals surface area (Å²) in [6.45, 7) is 14.6. The van der Waals surface area contributed by atoms with E-state index < -0.39 is 17.2 Å². The summed E-state index contributed by atoms with van der Waals surface area (Å²) in [4.78, 5) is 34.5. The maximum atomic E-state index is 15.1. The highest BCUT2D eigenvalue weighted by atomic mass is 19.1. The summed E-state index contributed by atoms with van der Waals surface area (Å²) in [6, 6.07) is 5.11. The second-order valence-electron chi connectivity index (χ2n) is 13.3. The Morgan fingerprint density at radius 1 is 1.05 bits per heavy atom. The zero-order chi connectivity index (χ0) is 31.3. The van der Waals surface area contributed by atoms with Gasteiger partial charge in [0.15, 0.2) is 5.82 Å². The number of likely N-dealkylation sites (tertiary alicyclic amines) is 2. The number of aryl methyl sites for hydroxylation is 1. The molecule has 1 aromatic carbocycles. The number of hydrogen-bond acceptors (Lipinski definition) is 7. The molecule has 11 heteroatoms. The van der Waals surface area contributed by atoms with Crippen molar-refractivity contribution in [1.29, 1.82) is 0 Å². The number of nitrogens with zero attached hydrogens (tertiary/aromatic N) is 7. The van der Waals surface area contributed by atoms with Crippen molar-refractivity contribution in [3.05, 3.63) is 71.3 Å². The van der Waals surface area contributed by atoms with Crippen molar-refractivity contribution in [2.45, 2.75) is 78.6 Å². The van der Waals surface area contributed by atoms with Crippen molar-refractivity contribution in [2.24, 2.45) is 5.92 Å². The van der Waals surface area contributed by atoms with Crippen molar-refractivity contribution in [1.82, 2.24) is 34.3 Å². The maximum Gasteiger partial charge on any atom is 0.410 e. The molecule has 44 heavy (non-hydrogen) atoms. The number of halogens is 2. The first-order valence-corrected chi connectivity index (χ1v) is 15.2. The van der Waals surface area contributed by atoms with E-state index in [0.29, 0.717) is 59.9 Å². The van der Waals surface area contributed by atoms with E-state index >= 15 is 4.39 Å². The first-order valence-electron chi connectivity index (χ1n) is 15.2. The molecule has 3 aromatic heterocycles. The van der Waals surface area contributed by atoms with E-state index in [1.807, 2.05) is 63.4 Å². The summed E-state index contributed by atoms with van der Waals surface area (Å²) in [6.07, 6.45) is 5.82. The average Bonchev–Trinajstić information content (AvgIpc) is 3.29. The molecule has 2 aliphatic heterocycles. The number of amides is 1. The van der Waals surface area contributed by atoms with Crippen molar-refractivity contribution < 1.29 is 18.3 Å². The van der Waals surface area contributed by atoms with Crippen molar-refractivity contribution in [3.8, 4) is 11.1 Å². The van der Waals surface area contributed by atoms with Crippen LogP contribution < -0.4 is 0 Å². The van der Waals surface area contributed by atoms with Gasteiger partial charge in [0.05, 0.1) is 18.1 Å². The molecular formula is C33H39F2N7O2. The van der Waals surface area contributed by atoms with E-state index in [1.54, 1.807) is 12.1 Å². The quantitative estimate of drug-likeness (QED) is 0.264. The third-order valence-corrected chi connectivity index (χ3v) is 8.46. The van der Waals surface area contributed by atoms with Crippen molar-refractivity contribution in [2.75, 3.05) is 19.6 Å². The predicted molar refractivity (Wildman–Crippen MR) is 163 cm³/mol. The number of carbonyl (C=O) groups is 1. The van der Waals surface area contributed by atoms with Gasteiger partial charge in [-0.15, -0.1) is 0 Å². The monoisotopic (exact) mass is 603 g/mol. The molecule has 4 aromatic rings. The third kappa shape index (κ3) is 6.02. The molecule has 2 atom stereocenters. The van der Waals surface area contributed by atoms with E-state index in [9.17, 15) is 9.18 Å². The van der Waals surface area contributed by atoms with Crippen LogP contribution in [0.1, 0.15) is 70.0 Å².